The molecule has 1 heterocycles. The zero-order valence-corrected chi connectivity index (χ0v) is 11.4. The summed E-state index contributed by atoms with van der Waals surface area (Å²) < 4.78 is 0. The van der Waals surface area contributed by atoms with E-state index in [0.717, 1.165) is 22.3 Å². The minimum Gasteiger partial charge on any atom is -0.398 e. The first-order valence-corrected chi connectivity index (χ1v) is 5.96. The molecule has 0 spiro atoms. The average molecular weight is 271 g/mol. The first-order valence-electron chi connectivity index (χ1n) is 5.96. The zero-order valence-electron chi connectivity index (χ0n) is 10.6. The van der Waals surface area contributed by atoms with E-state index in [-0.39, 0.29) is 12.4 Å². The number of hydrogen-bond donors (Lipinski definition) is 1. The van der Waals surface area contributed by atoms with Gasteiger partial charge in [0.25, 0.3) is 0 Å². The molecule has 0 amide bonds. The van der Waals surface area contributed by atoms with E-state index in [9.17, 15) is 0 Å². The third kappa shape index (κ3) is 2.27. The third-order valence-corrected chi connectivity index (χ3v) is 3.23. The van der Waals surface area contributed by atoms with Crippen LogP contribution in [0.4, 0.5) is 5.69 Å². The van der Waals surface area contributed by atoms with Crippen molar-refractivity contribution in [3.8, 4) is 11.3 Å². The first kappa shape index (κ1) is 13.4. The maximum atomic E-state index is 6.28. The summed E-state index contributed by atoms with van der Waals surface area (Å²) in [6.45, 7) is 2.11. The number of nitrogens with two attached hydrogens (primary N) is 1. The zero-order chi connectivity index (χ0) is 12.5. The Labute approximate surface area is 118 Å². The standard InChI is InChI=1S/C16H14N2.ClH/c1-11-10-14(15-8-4-5-9-18-15)16(17)13-7-3-2-6-12(11)13;/h2-10H,17H2,1H3;1H. The van der Waals surface area contributed by atoms with Crippen LogP contribution >= 0.6 is 12.4 Å². The lowest BCUT2D eigenvalue weighted by Crippen LogP contribution is -1.95. The van der Waals surface area contributed by atoms with E-state index in [0.29, 0.717) is 0 Å². The fourth-order valence-electron chi connectivity index (χ4n) is 2.31. The van der Waals surface area contributed by atoms with Crippen molar-refractivity contribution in [2.75, 3.05) is 5.73 Å². The highest BCUT2D eigenvalue weighted by Gasteiger charge is 2.09. The molecule has 2 aromatic carbocycles. The van der Waals surface area contributed by atoms with Crippen LogP contribution in [0.2, 0.25) is 0 Å². The van der Waals surface area contributed by atoms with Gasteiger partial charge in [-0.15, -0.1) is 12.4 Å². The summed E-state index contributed by atoms with van der Waals surface area (Å²) >= 11 is 0. The van der Waals surface area contributed by atoms with Gasteiger partial charge in [-0.3, -0.25) is 4.98 Å². The Morgan fingerprint density at radius 3 is 2.32 bits per heavy atom. The van der Waals surface area contributed by atoms with Crippen molar-refractivity contribution in [2.45, 2.75) is 6.92 Å². The molecule has 3 aromatic rings. The van der Waals surface area contributed by atoms with E-state index in [4.69, 9.17) is 5.73 Å². The van der Waals surface area contributed by atoms with Crippen molar-refractivity contribution in [1.82, 2.24) is 4.98 Å². The smallest absolute Gasteiger partial charge is 0.0722 e. The predicted molar refractivity (Wildman–Crippen MR) is 83.6 cm³/mol. The number of benzene rings is 2. The van der Waals surface area contributed by atoms with E-state index in [2.05, 4.69) is 30.1 Å². The van der Waals surface area contributed by atoms with Gasteiger partial charge in [0.15, 0.2) is 0 Å². The Morgan fingerprint density at radius 1 is 0.947 bits per heavy atom. The summed E-state index contributed by atoms with van der Waals surface area (Å²) in [6, 6.07) is 16.2. The monoisotopic (exact) mass is 270 g/mol. The molecule has 0 aliphatic rings. The number of aromatic nitrogens is 1. The molecule has 2 N–H and O–H groups in total. The van der Waals surface area contributed by atoms with Gasteiger partial charge in [0.2, 0.25) is 0 Å². The lowest BCUT2D eigenvalue weighted by molar-refractivity contribution is 1.32. The van der Waals surface area contributed by atoms with Gasteiger partial charge in [0.05, 0.1) is 5.69 Å². The van der Waals surface area contributed by atoms with Crippen LogP contribution in [0.5, 0.6) is 0 Å². The number of nitrogens with zero attached hydrogens (tertiary/aromatic N) is 1. The Bertz CT molecular complexity index is 709. The van der Waals surface area contributed by atoms with Crippen molar-refractivity contribution in [3.63, 3.8) is 0 Å². The number of anilines is 1. The van der Waals surface area contributed by atoms with Crippen molar-refractivity contribution in [2.24, 2.45) is 0 Å². The first-order chi connectivity index (χ1) is 8.77. The van der Waals surface area contributed by atoms with Gasteiger partial charge >= 0.3 is 0 Å². The number of rotatable bonds is 1. The molecular weight excluding hydrogens is 256 g/mol. The number of pyridine rings is 1. The molecule has 96 valence electrons. The fraction of sp³-hybridized carbons (Fsp3) is 0.0625. The van der Waals surface area contributed by atoms with Crippen LogP contribution in [0.3, 0.4) is 0 Å². The fourth-order valence-corrected chi connectivity index (χ4v) is 2.31. The van der Waals surface area contributed by atoms with Gasteiger partial charge in [-0.1, -0.05) is 30.3 Å². The number of nitrogen functional groups attached to an aromatic ring is 1. The normalized spacial score (nSPS) is 10.2. The van der Waals surface area contributed by atoms with Crippen LogP contribution in [0.1, 0.15) is 5.56 Å². The molecule has 0 atom stereocenters. The van der Waals surface area contributed by atoms with Crippen LogP contribution in [0, 0.1) is 6.92 Å². The number of halogens is 1. The van der Waals surface area contributed by atoms with E-state index in [1.54, 1.807) is 6.20 Å². The lowest BCUT2D eigenvalue weighted by Gasteiger charge is -2.11. The van der Waals surface area contributed by atoms with Crippen molar-refractivity contribution in [3.05, 3.63) is 60.3 Å². The molecule has 0 saturated heterocycles. The molecule has 0 fully saturated rings. The molecule has 0 saturated carbocycles. The predicted octanol–water partition coefficient (Wildman–Crippen LogP) is 4.21. The van der Waals surface area contributed by atoms with Gasteiger partial charge in [-0.05, 0) is 36.1 Å². The van der Waals surface area contributed by atoms with Crippen molar-refractivity contribution in [1.29, 1.82) is 0 Å². The second kappa shape index (κ2) is 5.29. The molecule has 0 bridgehead atoms. The molecule has 19 heavy (non-hydrogen) atoms. The molecule has 3 heteroatoms. The second-order valence-electron chi connectivity index (χ2n) is 4.42. The summed E-state index contributed by atoms with van der Waals surface area (Å²) in [5, 5.41) is 2.30. The van der Waals surface area contributed by atoms with Crippen LogP contribution in [-0.4, -0.2) is 4.98 Å². The summed E-state index contributed by atoms with van der Waals surface area (Å²) in [7, 11) is 0. The summed E-state index contributed by atoms with van der Waals surface area (Å²) in [5.74, 6) is 0. The number of hydrogen-bond acceptors (Lipinski definition) is 2. The molecule has 0 aliphatic carbocycles. The Hall–Kier alpha value is -2.06. The molecule has 0 aliphatic heterocycles. The molecule has 0 radical (unpaired) electrons. The Morgan fingerprint density at radius 2 is 1.63 bits per heavy atom. The Kier molecular flexibility index (Phi) is 3.72. The van der Waals surface area contributed by atoms with Crippen LogP contribution in [-0.2, 0) is 0 Å². The second-order valence-corrected chi connectivity index (χ2v) is 4.42. The van der Waals surface area contributed by atoms with Crippen LogP contribution < -0.4 is 5.73 Å². The van der Waals surface area contributed by atoms with Crippen molar-refractivity contribution >= 4 is 28.9 Å². The minimum atomic E-state index is 0. The van der Waals surface area contributed by atoms with E-state index in [1.807, 2.05) is 30.3 Å². The molecule has 1 aromatic heterocycles. The van der Waals surface area contributed by atoms with Gasteiger partial charge < -0.3 is 5.73 Å². The van der Waals surface area contributed by atoms with E-state index < -0.39 is 0 Å². The topological polar surface area (TPSA) is 38.9 Å². The molecular formula is C16H15ClN2. The lowest BCUT2D eigenvalue weighted by atomic mass is 9.97. The minimum absolute atomic E-state index is 0. The SMILES string of the molecule is Cc1cc(-c2ccccn2)c(N)c2ccccc12.Cl. The van der Waals surface area contributed by atoms with Crippen molar-refractivity contribution < 1.29 is 0 Å². The molecule has 0 unspecified atom stereocenters. The molecule has 2 nitrogen and oxygen atoms in total. The highest BCUT2D eigenvalue weighted by molar-refractivity contribution is 6.01. The van der Waals surface area contributed by atoms with E-state index in [1.165, 1.54) is 10.9 Å². The maximum absolute atomic E-state index is 6.28. The van der Waals surface area contributed by atoms with Gasteiger partial charge in [0, 0.05) is 22.8 Å². The average Bonchev–Trinajstić information content (AvgIpc) is 2.44. The quantitative estimate of drug-likeness (QED) is 0.673. The largest absolute Gasteiger partial charge is 0.398 e. The Balaban J connectivity index is 0.00000133. The number of fused-ring (bicyclic) bond motifs is 1. The summed E-state index contributed by atoms with van der Waals surface area (Å²) in [5.41, 5.74) is 10.2. The summed E-state index contributed by atoms with van der Waals surface area (Å²) in [4.78, 5) is 4.38. The maximum Gasteiger partial charge on any atom is 0.0722 e. The molecule has 3 rings (SSSR count). The highest BCUT2D eigenvalue weighted by atomic mass is 35.5. The third-order valence-electron chi connectivity index (χ3n) is 3.23. The van der Waals surface area contributed by atoms with Gasteiger partial charge in [-0.25, -0.2) is 0 Å². The highest BCUT2D eigenvalue weighted by Crippen LogP contribution is 2.33. The van der Waals surface area contributed by atoms with Crippen LogP contribution in [0.15, 0.2) is 54.7 Å². The number of aryl methyl sites for hydroxylation is 1. The van der Waals surface area contributed by atoms with Gasteiger partial charge in [-0.2, -0.15) is 0 Å². The summed E-state index contributed by atoms with van der Waals surface area (Å²) in [6.07, 6.45) is 1.79. The van der Waals surface area contributed by atoms with E-state index >= 15 is 0 Å². The van der Waals surface area contributed by atoms with Crippen LogP contribution in [0.25, 0.3) is 22.0 Å². The van der Waals surface area contributed by atoms with Gasteiger partial charge in [0.1, 0.15) is 0 Å².